The minimum atomic E-state index is -0.339. The molecule has 0 bridgehead atoms. The molecular formula is C12H20N4O3. The fraction of sp³-hybridized carbons (Fsp3) is 0.750. The Morgan fingerprint density at radius 1 is 1.32 bits per heavy atom. The number of likely N-dealkylation sites (tertiary alicyclic amines) is 1. The van der Waals surface area contributed by atoms with Crippen LogP contribution in [0.1, 0.15) is 12.8 Å². The number of hydrogen-bond donors (Lipinski definition) is 3. The Morgan fingerprint density at radius 2 is 2.00 bits per heavy atom. The van der Waals surface area contributed by atoms with Gasteiger partial charge in [0, 0.05) is 32.6 Å². The van der Waals surface area contributed by atoms with Crippen LogP contribution in [0.4, 0.5) is 0 Å². The molecule has 1 atom stereocenters. The number of piperidine rings is 1. The van der Waals surface area contributed by atoms with Crippen molar-refractivity contribution < 1.29 is 14.4 Å². The van der Waals surface area contributed by atoms with Crippen molar-refractivity contribution in [2.75, 3.05) is 33.2 Å². The first kappa shape index (κ1) is 13.8. The maximum absolute atomic E-state index is 12.2. The van der Waals surface area contributed by atoms with Gasteiger partial charge in [-0.3, -0.25) is 19.7 Å². The van der Waals surface area contributed by atoms with Crippen molar-refractivity contribution in [1.82, 2.24) is 20.9 Å². The average Bonchev–Trinajstić information content (AvgIpc) is 2.46. The molecule has 2 fully saturated rings. The number of hydrogen-bond acceptors (Lipinski definition) is 4. The third kappa shape index (κ3) is 3.23. The monoisotopic (exact) mass is 268 g/mol. The van der Waals surface area contributed by atoms with Crippen LogP contribution in [-0.2, 0) is 14.4 Å². The largest absolute Gasteiger partial charge is 0.359 e. The molecule has 2 heterocycles. The summed E-state index contributed by atoms with van der Waals surface area (Å²) in [6, 6.07) is -0.339. The lowest BCUT2D eigenvalue weighted by Crippen LogP contribution is -2.59. The van der Waals surface area contributed by atoms with E-state index < -0.39 is 0 Å². The van der Waals surface area contributed by atoms with Gasteiger partial charge in [-0.05, 0) is 12.8 Å². The van der Waals surface area contributed by atoms with Gasteiger partial charge in [-0.25, -0.2) is 0 Å². The quantitative estimate of drug-likeness (QED) is 0.543. The molecule has 19 heavy (non-hydrogen) atoms. The molecule has 2 rings (SSSR count). The van der Waals surface area contributed by atoms with E-state index in [0.717, 1.165) is 0 Å². The Balaban J connectivity index is 1.82. The molecule has 0 saturated carbocycles. The molecule has 0 aromatic heterocycles. The normalized spacial score (nSPS) is 24.8. The van der Waals surface area contributed by atoms with Crippen molar-refractivity contribution in [2.24, 2.45) is 5.92 Å². The third-order valence-electron chi connectivity index (χ3n) is 3.73. The fourth-order valence-electron chi connectivity index (χ4n) is 2.53. The Bertz CT molecular complexity index is 367. The van der Waals surface area contributed by atoms with Crippen molar-refractivity contribution in [1.29, 1.82) is 0 Å². The summed E-state index contributed by atoms with van der Waals surface area (Å²) >= 11 is 0. The lowest BCUT2D eigenvalue weighted by atomic mass is 9.95. The number of piperazine rings is 1. The van der Waals surface area contributed by atoms with Gasteiger partial charge in [0.05, 0.1) is 6.54 Å². The van der Waals surface area contributed by atoms with Crippen molar-refractivity contribution in [3.8, 4) is 0 Å². The molecule has 0 aliphatic carbocycles. The number of amides is 3. The first-order chi connectivity index (χ1) is 9.11. The second kappa shape index (κ2) is 6.01. The van der Waals surface area contributed by atoms with Crippen molar-refractivity contribution >= 4 is 17.7 Å². The van der Waals surface area contributed by atoms with E-state index in [0.29, 0.717) is 32.5 Å². The number of carbonyl (C=O) groups excluding carboxylic acids is 3. The molecule has 0 aromatic carbocycles. The third-order valence-corrected chi connectivity index (χ3v) is 3.73. The molecule has 0 spiro atoms. The van der Waals surface area contributed by atoms with Crippen LogP contribution in [0.3, 0.4) is 0 Å². The summed E-state index contributed by atoms with van der Waals surface area (Å²) in [5.74, 6) is -0.0130. The van der Waals surface area contributed by atoms with E-state index in [4.69, 9.17) is 0 Å². The summed E-state index contributed by atoms with van der Waals surface area (Å²) in [7, 11) is 1.63. The number of nitrogens with zero attached hydrogens (tertiary/aromatic N) is 1. The van der Waals surface area contributed by atoms with Crippen LogP contribution >= 0.6 is 0 Å². The average molecular weight is 268 g/mol. The van der Waals surface area contributed by atoms with Gasteiger partial charge in [0.2, 0.25) is 17.7 Å². The number of nitrogens with one attached hydrogen (secondary N) is 3. The standard InChI is InChI=1S/C12H20N4O3/c1-13-11(18)8-2-4-16(5-3-8)12(19)9-6-15-10(17)7-14-9/h8-9,14H,2-7H2,1H3,(H,13,18)(H,15,17). The molecule has 106 valence electrons. The highest BCUT2D eigenvalue weighted by molar-refractivity contribution is 5.87. The molecule has 7 heteroatoms. The highest BCUT2D eigenvalue weighted by Gasteiger charge is 2.31. The van der Waals surface area contributed by atoms with Gasteiger partial charge in [0.15, 0.2) is 0 Å². The lowest BCUT2D eigenvalue weighted by molar-refractivity contribution is -0.138. The summed E-state index contributed by atoms with van der Waals surface area (Å²) in [6.07, 6.45) is 1.40. The van der Waals surface area contributed by atoms with Crippen LogP contribution in [0.15, 0.2) is 0 Å². The maximum atomic E-state index is 12.2. The van der Waals surface area contributed by atoms with Gasteiger partial charge in [-0.2, -0.15) is 0 Å². The molecule has 2 aliphatic rings. The molecular weight excluding hydrogens is 248 g/mol. The zero-order valence-electron chi connectivity index (χ0n) is 11.1. The minimum absolute atomic E-state index is 0.00747. The maximum Gasteiger partial charge on any atom is 0.241 e. The Morgan fingerprint density at radius 3 is 2.53 bits per heavy atom. The minimum Gasteiger partial charge on any atom is -0.359 e. The van der Waals surface area contributed by atoms with Crippen molar-refractivity contribution in [3.63, 3.8) is 0 Å². The molecule has 2 aliphatic heterocycles. The van der Waals surface area contributed by atoms with E-state index in [1.165, 1.54) is 0 Å². The summed E-state index contributed by atoms with van der Waals surface area (Å²) in [5.41, 5.74) is 0. The fourth-order valence-corrected chi connectivity index (χ4v) is 2.53. The van der Waals surface area contributed by atoms with E-state index in [9.17, 15) is 14.4 Å². The molecule has 3 N–H and O–H groups in total. The van der Waals surface area contributed by atoms with Crippen LogP contribution in [0, 0.1) is 5.92 Å². The van der Waals surface area contributed by atoms with E-state index >= 15 is 0 Å². The van der Waals surface area contributed by atoms with Crippen LogP contribution < -0.4 is 16.0 Å². The summed E-state index contributed by atoms with van der Waals surface area (Å²) in [5, 5.41) is 8.25. The highest BCUT2D eigenvalue weighted by atomic mass is 16.2. The number of carbonyl (C=O) groups is 3. The van der Waals surface area contributed by atoms with E-state index in [-0.39, 0.29) is 36.2 Å². The predicted octanol–water partition coefficient (Wildman–Crippen LogP) is -1.94. The smallest absolute Gasteiger partial charge is 0.241 e. The van der Waals surface area contributed by atoms with E-state index in [2.05, 4.69) is 16.0 Å². The summed E-state index contributed by atoms with van der Waals surface area (Å²) in [6.45, 7) is 1.73. The summed E-state index contributed by atoms with van der Waals surface area (Å²) in [4.78, 5) is 36.5. The van der Waals surface area contributed by atoms with Crippen LogP contribution in [0.25, 0.3) is 0 Å². The van der Waals surface area contributed by atoms with Gasteiger partial charge in [0.25, 0.3) is 0 Å². The second-order valence-electron chi connectivity index (χ2n) is 4.95. The zero-order valence-corrected chi connectivity index (χ0v) is 11.1. The van der Waals surface area contributed by atoms with Gasteiger partial charge in [-0.15, -0.1) is 0 Å². The second-order valence-corrected chi connectivity index (χ2v) is 4.95. The van der Waals surface area contributed by atoms with Crippen molar-refractivity contribution in [2.45, 2.75) is 18.9 Å². The van der Waals surface area contributed by atoms with Gasteiger partial charge >= 0.3 is 0 Å². The van der Waals surface area contributed by atoms with E-state index in [1.807, 2.05) is 0 Å². The SMILES string of the molecule is CNC(=O)C1CCN(C(=O)C2CNC(=O)CN2)CC1. The molecule has 1 unspecified atom stereocenters. The molecule has 7 nitrogen and oxygen atoms in total. The summed E-state index contributed by atoms with van der Waals surface area (Å²) < 4.78 is 0. The molecule has 3 amide bonds. The Hall–Kier alpha value is -1.63. The molecule has 0 radical (unpaired) electrons. The number of rotatable bonds is 2. The first-order valence-electron chi connectivity index (χ1n) is 6.62. The Kier molecular flexibility index (Phi) is 4.36. The van der Waals surface area contributed by atoms with Gasteiger partial charge in [0.1, 0.15) is 6.04 Å². The van der Waals surface area contributed by atoms with E-state index in [1.54, 1.807) is 11.9 Å². The van der Waals surface area contributed by atoms with Crippen LogP contribution in [-0.4, -0.2) is 61.9 Å². The van der Waals surface area contributed by atoms with Crippen molar-refractivity contribution in [3.05, 3.63) is 0 Å². The van der Waals surface area contributed by atoms with Crippen LogP contribution in [0.5, 0.6) is 0 Å². The Labute approximate surface area is 112 Å². The topological polar surface area (TPSA) is 90.5 Å². The van der Waals surface area contributed by atoms with Crippen LogP contribution in [0.2, 0.25) is 0 Å². The molecule has 2 saturated heterocycles. The van der Waals surface area contributed by atoms with Gasteiger partial charge < -0.3 is 15.5 Å². The lowest BCUT2D eigenvalue weighted by Gasteiger charge is -2.34. The van der Waals surface area contributed by atoms with Gasteiger partial charge in [-0.1, -0.05) is 0 Å². The zero-order chi connectivity index (χ0) is 13.8. The molecule has 0 aromatic rings. The first-order valence-corrected chi connectivity index (χ1v) is 6.62. The highest BCUT2D eigenvalue weighted by Crippen LogP contribution is 2.18. The predicted molar refractivity (Wildman–Crippen MR) is 68.2 cm³/mol.